The Balaban J connectivity index is 1.48. The molecule has 0 fully saturated rings. The van der Waals surface area contributed by atoms with Crippen LogP contribution in [0.5, 0.6) is 0 Å². The summed E-state index contributed by atoms with van der Waals surface area (Å²) in [7, 11) is 1.65. The van der Waals surface area contributed by atoms with Gasteiger partial charge in [-0.3, -0.25) is 29.8 Å². The van der Waals surface area contributed by atoms with Crippen LogP contribution in [0.1, 0.15) is 21.5 Å². The van der Waals surface area contributed by atoms with E-state index in [1.165, 1.54) is 21.5 Å². The average Bonchev–Trinajstić information content (AvgIpc) is 3.25. The Labute approximate surface area is 198 Å². The molecule has 0 bridgehead atoms. The number of hydrogen-bond donors (Lipinski definition) is 2. The maximum absolute atomic E-state index is 13.1. The van der Waals surface area contributed by atoms with Crippen molar-refractivity contribution in [2.24, 2.45) is 7.05 Å². The summed E-state index contributed by atoms with van der Waals surface area (Å²) >= 11 is 2.54. The number of thioether (sulfide) groups is 1. The number of carbonyl (C=O) groups excluding carboxylic acids is 2. The van der Waals surface area contributed by atoms with E-state index in [1.54, 1.807) is 37.4 Å². The zero-order valence-corrected chi connectivity index (χ0v) is 20.0. The molecule has 0 aliphatic heterocycles. The van der Waals surface area contributed by atoms with Gasteiger partial charge >= 0.3 is 0 Å². The number of aromatic nitrogens is 2. The first-order valence-electron chi connectivity index (χ1n) is 10.2. The van der Waals surface area contributed by atoms with Crippen LogP contribution >= 0.6 is 23.1 Å². The van der Waals surface area contributed by atoms with Gasteiger partial charge in [0.15, 0.2) is 5.16 Å². The van der Waals surface area contributed by atoms with Crippen molar-refractivity contribution in [1.29, 1.82) is 0 Å². The summed E-state index contributed by atoms with van der Waals surface area (Å²) in [5, 5.41) is 2.96. The molecule has 168 valence electrons. The third-order valence-corrected chi connectivity index (χ3v) is 7.18. The minimum atomic E-state index is -0.404. The number of benzene rings is 2. The van der Waals surface area contributed by atoms with Crippen molar-refractivity contribution in [3.05, 3.63) is 81.0 Å². The van der Waals surface area contributed by atoms with Gasteiger partial charge in [0.2, 0.25) is 5.91 Å². The Hall–Kier alpha value is -3.43. The van der Waals surface area contributed by atoms with Gasteiger partial charge in [0.05, 0.1) is 11.1 Å². The molecule has 0 unspecified atom stereocenters. The highest BCUT2D eigenvalue weighted by Gasteiger charge is 2.17. The van der Waals surface area contributed by atoms with E-state index in [0.717, 1.165) is 28.5 Å². The van der Waals surface area contributed by atoms with E-state index in [9.17, 15) is 14.4 Å². The lowest BCUT2D eigenvalue weighted by molar-refractivity contribution is -0.119. The van der Waals surface area contributed by atoms with Crippen LogP contribution in [0.15, 0.2) is 63.9 Å². The van der Waals surface area contributed by atoms with Gasteiger partial charge in [-0.2, -0.15) is 0 Å². The first-order valence-corrected chi connectivity index (χ1v) is 12.0. The lowest BCUT2D eigenvalue weighted by atomic mass is 10.0. The molecule has 7 nitrogen and oxygen atoms in total. The van der Waals surface area contributed by atoms with Crippen molar-refractivity contribution in [2.45, 2.75) is 19.0 Å². The van der Waals surface area contributed by atoms with E-state index in [0.29, 0.717) is 20.9 Å². The number of fused-ring (bicyclic) bond motifs is 1. The summed E-state index contributed by atoms with van der Waals surface area (Å²) in [5.74, 6) is -0.810. The minimum absolute atomic E-state index is 0.00372. The van der Waals surface area contributed by atoms with Gasteiger partial charge in [0, 0.05) is 23.6 Å². The fourth-order valence-corrected chi connectivity index (χ4v) is 5.02. The fourth-order valence-electron chi connectivity index (χ4n) is 3.26. The van der Waals surface area contributed by atoms with Gasteiger partial charge in [-0.15, -0.1) is 11.3 Å². The molecule has 0 saturated heterocycles. The van der Waals surface area contributed by atoms with Crippen LogP contribution in [0.3, 0.4) is 0 Å². The molecular formula is C24H22N4O3S2. The van der Waals surface area contributed by atoms with Crippen molar-refractivity contribution >= 4 is 45.1 Å². The van der Waals surface area contributed by atoms with Gasteiger partial charge in [-0.25, -0.2) is 4.98 Å². The molecule has 4 aromatic rings. The Kier molecular flexibility index (Phi) is 6.62. The predicted octanol–water partition coefficient (Wildman–Crippen LogP) is 3.83. The van der Waals surface area contributed by atoms with E-state index >= 15 is 0 Å². The van der Waals surface area contributed by atoms with Crippen LogP contribution in [-0.2, 0) is 11.8 Å². The summed E-state index contributed by atoms with van der Waals surface area (Å²) in [5.41, 5.74) is 9.26. The lowest BCUT2D eigenvalue weighted by Gasteiger charge is -2.09. The third-order valence-electron chi connectivity index (χ3n) is 5.28. The smallest absolute Gasteiger partial charge is 0.269 e. The van der Waals surface area contributed by atoms with E-state index in [1.807, 2.05) is 24.4 Å². The average molecular weight is 479 g/mol. The van der Waals surface area contributed by atoms with Crippen molar-refractivity contribution in [2.75, 3.05) is 5.75 Å². The van der Waals surface area contributed by atoms with E-state index in [-0.39, 0.29) is 11.3 Å². The van der Waals surface area contributed by atoms with E-state index < -0.39 is 11.8 Å². The second-order valence-corrected chi connectivity index (χ2v) is 9.34. The molecule has 0 saturated carbocycles. The molecule has 4 rings (SSSR count). The first-order chi connectivity index (χ1) is 15.8. The second kappa shape index (κ2) is 9.60. The highest BCUT2D eigenvalue weighted by Crippen LogP contribution is 2.32. The summed E-state index contributed by atoms with van der Waals surface area (Å²) in [6, 6.07) is 14.7. The van der Waals surface area contributed by atoms with Gasteiger partial charge in [0.1, 0.15) is 4.83 Å². The molecule has 2 amide bonds. The number of thiophene rings is 1. The number of nitrogens with one attached hydrogen (secondary N) is 2. The monoisotopic (exact) mass is 478 g/mol. The molecule has 0 aliphatic rings. The Bertz CT molecular complexity index is 1410. The number of hydrogen-bond acceptors (Lipinski definition) is 6. The van der Waals surface area contributed by atoms with Crippen LogP contribution in [0.25, 0.3) is 21.3 Å². The topological polar surface area (TPSA) is 93.1 Å². The lowest BCUT2D eigenvalue weighted by Crippen LogP contribution is -2.42. The van der Waals surface area contributed by atoms with Gasteiger partial charge in [-0.05, 0) is 42.7 Å². The van der Waals surface area contributed by atoms with Crippen molar-refractivity contribution in [3.8, 4) is 11.1 Å². The maximum atomic E-state index is 13.1. The van der Waals surface area contributed by atoms with Crippen molar-refractivity contribution in [3.63, 3.8) is 0 Å². The highest BCUT2D eigenvalue weighted by atomic mass is 32.2. The summed E-state index contributed by atoms with van der Waals surface area (Å²) in [4.78, 5) is 42.6. The molecule has 2 aromatic carbocycles. The zero-order valence-electron chi connectivity index (χ0n) is 18.3. The quantitative estimate of drug-likeness (QED) is 0.258. The van der Waals surface area contributed by atoms with Gasteiger partial charge in [-0.1, -0.05) is 48.2 Å². The molecule has 9 heteroatoms. The van der Waals surface area contributed by atoms with Crippen LogP contribution in [0.2, 0.25) is 0 Å². The van der Waals surface area contributed by atoms with E-state index in [4.69, 9.17) is 0 Å². The van der Waals surface area contributed by atoms with Crippen LogP contribution in [0.4, 0.5) is 0 Å². The standard InChI is InChI=1S/C24H22N4O3S2/c1-14-9-10-17(11-15(14)2)18-12-32-22-20(18)23(31)28(3)24(25-22)33-13-19(29)26-27-21(30)16-7-5-4-6-8-16/h4-12H,13H2,1-3H3,(H,26,29)(H,27,30). The molecule has 0 spiro atoms. The molecule has 0 radical (unpaired) electrons. The molecule has 2 N–H and O–H groups in total. The second-order valence-electron chi connectivity index (χ2n) is 7.54. The molecule has 2 aromatic heterocycles. The SMILES string of the molecule is Cc1ccc(-c2csc3nc(SCC(=O)NNC(=O)c4ccccc4)n(C)c(=O)c23)cc1C. The van der Waals surface area contributed by atoms with Crippen LogP contribution in [-0.4, -0.2) is 27.1 Å². The zero-order chi connectivity index (χ0) is 23.5. The van der Waals surface area contributed by atoms with Crippen LogP contribution in [0, 0.1) is 13.8 Å². The minimum Gasteiger partial charge on any atom is -0.290 e. The number of nitrogens with zero attached hydrogens (tertiary/aromatic N) is 2. The molecule has 0 aliphatic carbocycles. The fraction of sp³-hybridized carbons (Fsp3) is 0.167. The first kappa shape index (κ1) is 22.8. The molecule has 0 atom stereocenters. The molecule has 2 heterocycles. The maximum Gasteiger partial charge on any atom is 0.269 e. The van der Waals surface area contributed by atoms with Crippen molar-refractivity contribution in [1.82, 2.24) is 20.4 Å². The number of rotatable bonds is 5. The Morgan fingerprint density at radius 2 is 1.82 bits per heavy atom. The Morgan fingerprint density at radius 3 is 2.55 bits per heavy atom. The summed E-state index contributed by atoms with van der Waals surface area (Å²) < 4.78 is 1.46. The normalized spacial score (nSPS) is 10.9. The van der Waals surface area contributed by atoms with E-state index in [2.05, 4.69) is 28.8 Å². The molecular weight excluding hydrogens is 456 g/mol. The summed E-state index contributed by atoms with van der Waals surface area (Å²) in [6.45, 7) is 4.10. The Morgan fingerprint density at radius 1 is 1.06 bits per heavy atom. The predicted molar refractivity (Wildman–Crippen MR) is 133 cm³/mol. The third kappa shape index (κ3) is 4.84. The largest absolute Gasteiger partial charge is 0.290 e. The number of carbonyl (C=O) groups is 2. The van der Waals surface area contributed by atoms with Gasteiger partial charge in [0.25, 0.3) is 11.5 Å². The number of aryl methyl sites for hydroxylation is 2. The number of amides is 2. The van der Waals surface area contributed by atoms with Gasteiger partial charge < -0.3 is 0 Å². The number of hydrazine groups is 1. The highest BCUT2D eigenvalue weighted by molar-refractivity contribution is 7.99. The van der Waals surface area contributed by atoms with Crippen LogP contribution < -0.4 is 16.4 Å². The molecule has 33 heavy (non-hydrogen) atoms. The summed E-state index contributed by atoms with van der Waals surface area (Å²) in [6.07, 6.45) is 0. The van der Waals surface area contributed by atoms with Crippen molar-refractivity contribution < 1.29 is 9.59 Å².